The smallest absolute Gasteiger partial charge is 0.250 e. The lowest BCUT2D eigenvalue weighted by molar-refractivity contribution is -0.0845. The summed E-state index contributed by atoms with van der Waals surface area (Å²) < 4.78 is 25.8. The molecule has 0 spiro atoms. The third kappa shape index (κ3) is 1.89. The van der Waals surface area contributed by atoms with Crippen molar-refractivity contribution in [2.75, 3.05) is 7.05 Å². The van der Waals surface area contributed by atoms with Crippen LogP contribution >= 0.6 is 0 Å². The topological polar surface area (TPSA) is 12.0 Å². The number of nitrogens with one attached hydrogen (secondary N) is 1. The van der Waals surface area contributed by atoms with Crippen LogP contribution in [0.4, 0.5) is 8.78 Å². The van der Waals surface area contributed by atoms with Gasteiger partial charge in [-0.3, -0.25) is 0 Å². The van der Waals surface area contributed by atoms with Gasteiger partial charge in [0.25, 0.3) is 5.92 Å². The Bertz CT molecular complexity index is 136. The van der Waals surface area contributed by atoms with Crippen molar-refractivity contribution in [3.63, 3.8) is 0 Å². The molecule has 0 aromatic heterocycles. The molecule has 1 rings (SSSR count). The molecule has 0 heterocycles. The zero-order valence-electron chi connectivity index (χ0n) is 7.03. The zero-order valence-corrected chi connectivity index (χ0v) is 7.03. The van der Waals surface area contributed by atoms with Gasteiger partial charge in [-0.2, -0.15) is 0 Å². The van der Waals surface area contributed by atoms with Crippen LogP contribution in [0.2, 0.25) is 0 Å². The third-order valence-corrected chi connectivity index (χ3v) is 2.59. The van der Waals surface area contributed by atoms with Gasteiger partial charge < -0.3 is 5.32 Å². The summed E-state index contributed by atoms with van der Waals surface area (Å²) in [6.07, 6.45) is 1.25. The van der Waals surface area contributed by atoms with E-state index >= 15 is 0 Å². The van der Waals surface area contributed by atoms with E-state index < -0.39 is 11.8 Å². The fourth-order valence-electron chi connectivity index (χ4n) is 1.59. The molecule has 1 aliphatic rings. The van der Waals surface area contributed by atoms with Crippen LogP contribution in [-0.4, -0.2) is 19.0 Å². The van der Waals surface area contributed by atoms with Crippen LogP contribution in [0.15, 0.2) is 0 Å². The van der Waals surface area contributed by atoms with Gasteiger partial charge in [-0.15, -0.1) is 0 Å². The second-order valence-corrected chi connectivity index (χ2v) is 3.42. The van der Waals surface area contributed by atoms with Gasteiger partial charge in [-0.1, -0.05) is 6.92 Å². The molecular weight excluding hydrogens is 148 g/mol. The Balaban J connectivity index is 2.48. The second kappa shape index (κ2) is 3.05. The van der Waals surface area contributed by atoms with Crippen molar-refractivity contribution < 1.29 is 8.78 Å². The molecule has 1 saturated carbocycles. The van der Waals surface area contributed by atoms with Gasteiger partial charge in [0.05, 0.1) is 0 Å². The fraction of sp³-hybridized carbons (Fsp3) is 1.00. The van der Waals surface area contributed by atoms with E-state index in [9.17, 15) is 8.78 Å². The molecule has 0 aliphatic heterocycles. The summed E-state index contributed by atoms with van der Waals surface area (Å²) in [4.78, 5) is 0. The molecule has 2 atom stereocenters. The Morgan fingerprint density at radius 3 is 2.55 bits per heavy atom. The van der Waals surface area contributed by atoms with E-state index in [2.05, 4.69) is 5.32 Å². The minimum Gasteiger partial charge on any atom is -0.317 e. The molecule has 1 N–H and O–H groups in total. The first-order valence-electron chi connectivity index (χ1n) is 4.11. The Morgan fingerprint density at radius 1 is 1.45 bits per heavy atom. The molecule has 1 nitrogen and oxygen atoms in total. The summed E-state index contributed by atoms with van der Waals surface area (Å²) in [5, 5.41) is 3.04. The van der Waals surface area contributed by atoms with Gasteiger partial charge in [-0.05, 0) is 19.9 Å². The lowest BCUT2D eigenvalue weighted by Gasteiger charge is -2.33. The van der Waals surface area contributed by atoms with E-state index in [0.717, 1.165) is 0 Å². The monoisotopic (exact) mass is 163 g/mol. The summed E-state index contributed by atoms with van der Waals surface area (Å²) >= 11 is 0. The Labute approximate surface area is 66.2 Å². The van der Waals surface area contributed by atoms with Crippen molar-refractivity contribution in [3.8, 4) is 0 Å². The maximum atomic E-state index is 12.9. The lowest BCUT2D eigenvalue weighted by Crippen LogP contribution is -2.40. The van der Waals surface area contributed by atoms with Crippen molar-refractivity contribution in [1.29, 1.82) is 0 Å². The normalized spacial score (nSPS) is 37.1. The molecule has 0 saturated heterocycles. The largest absolute Gasteiger partial charge is 0.317 e. The number of halogens is 2. The first-order valence-corrected chi connectivity index (χ1v) is 4.11. The molecule has 0 aromatic carbocycles. The third-order valence-electron chi connectivity index (χ3n) is 2.59. The minimum absolute atomic E-state index is 0.0413. The lowest BCUT2D eigenvalue weighted by atomic mass is 9.84. The van der Waals surface area contributed by atoms with Crippen molar-refractivity contribution in [3.05, 3.63) is 0 Å². The van der Waals surface area contributed by atoms with Crippen LogP contribution in [-0.2, 0) is 0 Å². The van der Waals surface area contributed by atoms with Crippen LogP contribution < -0.4 is 5.32 Å². The van der Waals surface area contributed by atoms with Crippen LogP contribution in [0.5, 0.6) is 0 Å². The minimum atomic E-state index is -2.42. The average Bonchev–Trinajstić information content (AvgIpc) is 1.95. The highest BCUT2D eigenvalue weighted by Crippen LogP contribution is 2.37. The van der Waals surface area contributed by atoms with Gasteiger partial charge in [0.2, 0.25) is 0 Å². The highest BCUT2D eigenvalue weighted by molar-refractivity contribution is 4.85. The molecular formula is C8H15F2N. The maximum Gasteiger partial charge on any atom is 0.250 e. The molecule has 1 fully saturated rings. The van der Waals surface area contributed by atoms with Crippen LogP contribution in [0, 0.1) is 5.92 Å². The van der Waals surface area contributed by atoms with E-state index in [-0.39, 0.29) is 6.42 Å². The van der Waals surface area contributed by atoms with Crippen molar-refractivity contribution in [1.82, 2.24) is 5.32 Å². The molecule has 1 aliphatic carbocycles. The molecule has 66 valence electrons. The molecule has 0 amide bonds. The molecule has 3 heteroatoms. The van der Waals surface area contributed by atoms with E-state index in [1.165, 1.54) is 0 Å². The number of alkyl halides is 2. The summed E-state index contributed by atoms with van der Waals surface area (Å²) in [7, 11) is 1.83. The van der Waals surface area contributed by atoms with E-state index in [1.807, 2.05) is 7.05 Å². The second-order valence-electron chi connectivity index (χ2n) is 3.42. The van der Waals surface area contributed by atoms with Gasteiger partial charge in [0.15, 0.2) is 0 Å². The predicted molar refractivity (Wildman–Crippen MR) is 40.8 cm³/mol. The highest BCUT2D eigenvalue weighted by atomic mass is 19.3. The number of hydrogen-bond donors (Lipinski definition) is 1. The van der Waals surface area contributed by atoms with E-state index in [4.69, 9.17) is 0 Å². The average molecular weight is 163 g/mol. The Morgan fingerprint density at radius 2 is 2.09 bits per heavy atom. The molecule has 2 unspecified atom stereocenters. The zero-order chi connectivity index (χ0) is 8.48. The summed E-state index contributed by atoms with van der Waals surface area (Å²) in [5.74, 6) is -2.89. The van der Waals surface area contributed by atoms with Gasteiger partial charge in [0, 0.05) is 18.4 Å². The van der Waals surface area contributed by atoms with Crippen LogP contribution in [0.1, 0.15) is 26.2 Å². The van der Waals surface area contributed by atoms with Crippen molar-refractivity contribution in [2.24, 2.45) is 5.92 Å². The summed E-state index contributed by atoms with van der Waals surface area (Å²) in [5.41, 5.74) is 0. The summed E-state index contributed by atoms with van der Waals surface area (Å²) in [6.45, 7) is 1.63. The maximum absolute atomic E-state index is 12.9. The Hall–Kier alpha value is -0.180. The molecule has 0 radical (unpaired) electrons. The molecule has 11 heavy (non-hydrogen) atoms. The predicted octanol–water partition coefficient (Wildman–Crippen LogP) is 2.03. The standard InChI is InChI=1S/C8H15F2N/c1-6-5-7(11-2)3-4-8(6,9)10/h6-7,11H,3-5H2,1-2H3. The quantitative estimate of drug-likeness (QED) is 0.623. The SMILES string of the molecule is CNC1CCC(F)(F)C(C)C1. The van der Waals surface area contributed by atoms with Gasteiger partial charge in [-0.25, -0.2) is 8.78 Å². The van der Waals surface area contributed by atoms with Gasteiger partial charge in [0.1, 0.15) is 0 Å². The Kier molecular flexibility index (Phi) is 2.47. The van der Waals surface area contributed by atoms with E-state index in [1.54, 1.807) is 6.92 Å². The summed E-state index contributed by atoms with van der Waals surface area (Å²) in [6, 6.07) is 0.296. The fourth-order valence-corrected chi connectivity index (χ4v) is 1.59. The van der Waals surface area contributed by atoms with Crippen molar-refractivity contribution >= 4 is 0 Å². The highest BCUT2D eigenvalue weighted by Gasteiger charge is 2.41. The van der Waals surface area contributed by atoms with Crippen molar-refractivity contribution in [2.45, 2.75) is 38.2 Å². The van der Waals surface area contributed by atoms with Crippen LogP contribution in [0.3, 0.4) is 0 Å². The molecule has 0 bridgehead atoms. The molecule has 0 aromatic rings. The number of rotatable bonds is 1. The van der Waals surface area contributed by atoms with E-state index in [0.29, 0.717) is 18.9 Å². The van der Waals surface area contributed by atoms with Crippen LogP contribution in [0.25, 0.3) is 0 Å². The first kappa shape index (κ1) is 8.91. The first-order chi connectivity index (χ1) is 5.06. The number of hydrogen-bond acceptors (Lipinski definition) is 1. The van der Waals surface area contributed by atoms with Gasteiger partial charge >= 0.3 is 0 Å².